The van der Waals surface area contributed by atoms with Crippen molar-refractivity contribution in [1.82, 2.24) is 20.0 Å². The maximum atomic E-state index is 12.8. The Morgan fingerprint density at radius 3 is 2.39 bits per heavy atom. The molecule has 200 valence electrons. The number of amides is 1. The fourth-order valence-corrected chi connectivity index (χ4v) is 5.41. The topological polar surface area (TPSA) is 154 Å². The molecule has 1 aliphatic rings. The van der Waals surface area contributed by atoms with Crippen molar-refractivity contribution in [2.45, 2.75) is 23.8 Å². The molecule has 2 heterocycles. The van der Waals surface area contributed by atoms with Crippen LogP contribution in [0, 0.1) is 5.92 Å². The molecule has 0 radical (unpaired) electrons. The molecule has 12 heteroatoms. The van der Waals surface area contributed by atoms with E-state index in [0.29, 0.717) is 17.4 Å². The molecule has 11 nitrogen and oxygen atoms in total. The van der Waals surface area contributed by atoms with Crippen molar-refractivity contribution in [1.29, 1.82) is 0 Å². The zero-order valence-corrected chi connectivity index (χ0v) is 21.5. The van der Waals surface area contributed by atoms with E-state index in [1.54, 1.807) is 42.7 Å². The largest absolute Gasteiger partial charge is 0.480 e. The van der Waals surface area contributed by atoms with Gasteiger partial charge in [-0.3, -0.25) is 9.59 Å². The molecule has 3 aromatic rings. The third-order valence-electron chi connectivity index (χ3n) is 6.32. The molecule has 0 saturated carbocycles. The van der Waals surface area contributed by atoms with Crippen molar-refractivity contribution in [3.63, 3.8) is 0 Å². The lowest BCUT2D eigenvalue weighted by Crippen LogP contribution is -2.48. The second-order valence-electron chi connectivity index (χ2n) is 8.97. The standard InChI is InChI=1S/C26H30N6O5S/c33-24(29-18-23(25(34)35)31-38(36,37)22-8-2-1-3-9-22)20-6-4-7-21(16-20)32-14-10-19(11-15-32)17-30-26-27-12-5-13-28-26/h1-9,12-13,16,19,23,31H,10-11,14-15,17-18H2,(H,29,33)(H,34,35)(H,27,28,30)/t23-/m0/s1. The number of carbonyl (C=O) groups is 2. The molecule has 1 fully saturated rings. The Labute approximate surface area is 221 Å². The Morgan fingerprint density at radius 1 is 1.00 bits per heavy atom. The van der Waals surface area contributed by atoms with Crippen LogP contribution in [-0.4, -0.2) is 67.6 Å². The highest BCUT2D eigenvalue weighted by Crippen LogP contribution is 2.24. The highest BCUT2D eigenvalue weighted by atomic mass is 32.2. The predicted octanol–water partition coefficient (Wildman–Crippen LogP) is 1.97. The number of carboxylic acids is 1. The van der Waals surface area contributed by atoms with Crippen LogP contribution in [0.15, 0.2) is 78.0 Å². The Kier molecular flexibility index (Phi) is 8.87. The number of hydrogen-bond acceptors (Lipinski definition) is 8. The first-order chi connectivity index (χ1) is 18.3. The molecular weight excluding hydrogens is 508 g/mol. The number of nitrogens with zero attached hydrogens (tertiary/aromatic N) is 3. The Hall–Kier alpha value is -4.03. The molecule has 0 unspecified atom stereocenters. The summed E-state index contributed by atoms with van der Waals surface area (Å²) in [6.45, 7) is 2.04. The highest BCUT2D eigenvalue weighted by Gasteiger charge is 2.26. The minimum Gasteiger partial charge on any atom is -0.480 e. The van der Waals surface area contributed by atoms with E-state index in [1.807, 2.05) is 6.07 Å². The number of anilines is 2. The van der Waals surface area contributed by atoms with Crippen LogP contribution in [0.1, 0.15) is 23.2 Å². The van der Waals surface area contributed by atoms with Crippen molar-refractivity contribution in [3.8, 4) is 0 Å². The van der Waals surface area contributed by atoms with E-state index >= 15 is 0 Å². The summed E-state index contributed by atoms with van der Waals surface area (Å²) < 4.78 is 27.2. The van der Waals surface area contributed by atoms with Gasteiger partial charge in [0.25, 0.3) is 5.91 Å². The Balaban J connectivity index is 1.30. The quantitative estimate of drug-likeness (QED) is 0.287. The van der Waals surface area contributed by atoms with Crippen molar-refractivity contribution < 1.29 is 23.1 Å². The number of nitrogens with one attached hydrogen (secondary N) is 3. The first kappa shape index (κ1) is 27.0. The first-order valence-corrected chi connectivity index (χ1v) is 13.7. The van der Waals surface area contributed by atoms with Gasteiger partial charge in [-0.1, -0.05) is 24.3 Å². The van der Waals surface area contributed by atoms with Gasteiger partial charge in [0.1, 0.15) is 6.04 Å². The second-order valence-corrected chi connectivity index (χ2v) is 10.7. The van der Waals surface area contributed by atoms with E-state index in [0.717, 1.165) is 38.2 Å². The summed E-state index contributed by atoms with van der Waals surface area (Å²) in [6.07, 6.45) is 5.34. The molecule has 0 spiro atoms. The Morgan fingerprint density at radius 2 is 1.71 bits per heavy atom. The van der Waals surface area contributed by atoms with Crippen LogP contribution in [0.2, 0.25) is 0 Å². The zero-order valence-electron chi connectivity index (χ0n) is 20.7. The van der Waals surface area contributed by atoms with Gasteiger partial charge in [-0.2, -0.15) is 4.72 Å². The van der Waals surface area contributed by atoms with Crippen LogP contribution >= 0.6 is 0 Å². The third kappa shape index (κ3) is 7.26. The molecule has 1 aliphatic heterocycles. The molecule has 4 rings (SSSR count). The molecule has 4 N–H and O–H groups in total. The van der Waals surface area contributed by atoms with E-state index in [9.17, 15) is 23.1 Å². The van der Waals surface area contributed by atoms with Crippen molar-refractivity contribution in [2.75, 3.05) is 36.4 Å². The van der Waals surface area contributed by atoms with Crippen molar-refractivity contribution in [3.05, 3.63) is 78.6 Å². The monoisotopic (exact) mass is 538 g/mol. The molecular formula is C26H30N6O5S. The lowest BCUT2D eigenvalue weighted by molar-refractivity contribution is -0.138. The molecule has 0 aliphatic carbocycles. The highest BCUT2D eigenvalue weighted by molar-refractivity contribution is 7.89. The van der Waals surface area contributed by atoms with Gasteiger partial charge in [-0.15, -0.1) is 0 Å². The van der Waals surface area contributed by atoms with Crippen LogP contribution in [0.3, 0.4) is 0 Å². The van der Waals surface area contributed by atoms with Gasteiger partial charge in [0.2, 0.25) is 16.0 Å². The summed E-state index contributed by atoms with van der Waals surface area (Å²) in [4.78, 5) is 35.0. The number of aromatic nitrogens is 2. The number of aliphatic carboxylic acids is 1. The minimum atomic E-state index is -4.06. The van der Waals surface area contributed by atoms with Gasteiger partial charge in [0.15, 0.2) is 0 Å². The summed E-state index contributed by atoms with van der Waals surface area (Å²) >= 11 is 0. The zero-order chi connectivity index (χ0) is 27.0. The fourth-order valence-electron chi connectivity index (χ4n) is 4.20. The van der Waals surface area contributed by atoms with Crippen LogP contribution in [0.25, 0.3) is 0 Å². The SMILES string of the molecule is O=C(NC[C@H](NS(=O)(=O)c1ccccc1)C(=O)O)c1cccc(N2CCC(CNc3ncccn3)CC2)c1. The van der Waals surface area contributed by atoms with Gasteiger partial charge in [0, 0.05) is 49.8 Å². The smallest absolute Gasteiger partial charge is 0.323 e. The molecule has 0 bridgehead atoms. The van der Waals surface area contributed by atoms with Gasteiger partial charge in [-0.25, -0.2) is 18.4 Å². The summed E-state index contributed by atoms with van der Waals surface area (Å²) in [6, 6.07) is 14.8. The Bertz CT molecular complexity index is 1330. The van der Waals surface area contributed by atoms with Crippen LogP contribution in [0.5, 0.6) is 0 Å². The van der Waals surface area contributed by atoms with E-state index in [-0.39, 0.29) is 4.90 Å². The number of benzene rings is 2. The van der Waals surface area contributed by atoms with E-state index < -0.39 is 34.5 Å². The average Bonchev–Trinajstić information content (AvgIpc) is 2.95. The molecule has 1 amide bonds. The van der Waals surface area contributed by atoms with Crippen LogP contribution in [0.4, 0.5) is 11.6 Å². The van der Waals surface area contributed by atoms with Crippen LogP contribution < -0.4 is 20.3 Å². The van der Waals surface area contributed by atoms with Crippen LogP contribution in [-0.2, 0) is 14.8 Å². The molecule has 1 atom stereocenters. The number of sulfonamides is 1. The summed E-state index contributed by atoms with van der Waals surface area (Å²) in [5.74, 6) is -0.783. The third-order valence-corrected chi connectivity index (χ3v) is 7.81. The maximum Gasteiger partial charge on any atom is 0.323 e. The second kappa shape index (κ2) is 12.5. The molecule has 38 heavy (non-hydrogen) atoms. The maximum absolute atomic E-state index is 12.8. The summed E-state index contributed by atoms with van der Waals surface area (Å²) in [7, 11) is -4.06. The van der Waals surface area contributed by atoms with E-state index in [1.165, 1.54) is 24.3 Å². The summed E-state index contributed by atoms with van der Waals surface area (Å²) in [5.41, 5.74) is 1.26. The van der Waals surface area contributed by atoms with Gasteiger partial charge in [0.05, 0.1) is 4.90 Å². The molecule has 2 aromatic carbocycles. The van der Waals surface area contributed by atoms with Gasteiger partial charge >= 0.3 is 5.97 Å². The van der Waals surface area contributed by atoms with Crippen molar-refractivity contribution in [2.24, 2.45) is 5.92 Å². The average molecular weight is 539 g/mol. The molecule has 1 aromatic heterocycles. The fraction of sp³-hybridized carbons (Fsp3) is 0.308. The number of carboxylic acid groups (broad SMARTS) is 1. The normalized spacial score (nSPS) is 15.0. The lowest BCUT2D eigenvalue weighted by Gasteiger charge is -2.33. The summed E-state index contributed by atoms with van der Waals surface area (Å²) in [5, 5.41) is 15.3. The minimum absolute atomic E-state index is 0.0572. The van der Waals surface area contributed by atoms with Crippen molar-refractivity contribution >= 4 is 33.5 Å². The number of rotatable bonds is 11. The van der Waals surface area contributed by atoms with Gasteiger partial charge in [-0.05, 0) is 55.2 Å². The van der Waals surface area contributed by atoms with Gasteiger partial charge < -0.3 is 20.6 Å². The van der Waals surface area contributed by atoms with E-state index in [2.05, 4.69) is 30.2 Å². The predicted molar refractivity (Wildman–Crippen MR) is 142 cm³/mol. The number of carbonyl (C=O) groups excluding carboxylic acids is 1. The molecule has 1 saturated heterocycles. The number of hydrogen-bond donors (Lipinski definition) is 4. The first-order valence-electron chi connectivity index (χ1n) is 12.3. The lowest BCUT2D eigenvalue weighted by atomic mass is 9.96. The number of piperidine rings is 1. The van der Waals surface area contributed by atoms with E-state index in [4.69, 9.17) is 0 Å².